The predicted octanol–water partition coefficient (Wildman–Crippen LogP) is 2.44. The highest BCUT2D eigenvalue weighted by Crippen LogP contribution is 1.22. The van der Waals surface area contributed by atoms with Gasteiger partial charge >= 0.3 is 0 Å². The molecule has 0 aliphatic rings. The fourth-order valence-electron chi connectivity index (χ4n) is 0. The zero-order valence-corrected chi connectivity index (χ0v) is 9.20. The van der Waals surface area contributed by atoms with Gasteiger partial charge in [-0.25, -0.2) is 0 Å². The normalized spacial score (nSPS) is 2.29. The van der Waals surface area contributed by atoms with Crippen LogP contribution >= 0.6 is 0 Å². The van der Waals surface area contributed by atoms with Crippen LogP contribution in [0.15, 0.2) is 0 Å². The quantitative estimate of drug-likeness (QED) is 0.606. The van der Waals surface area contributed by atoms with Crippen molar-refractivity contribution < 1.29 is 0 Å². The Hall–Kier alpha value is -2.12. The summed E-state index contributed by atoms with van der Waals surface area (Å²) in [5.74, 6) is 0. The average Bonchev–Trinajstić information content (AvgIpc) is 1.92. The Balaban J connectivity index is -0.0000000145. The van der Waals surface area contributed by atoms with Crippen molar-refractivity contribution >= 4 is 0 Å². The van der Waals surface area contributed by atoms with Crippen LogP contribution in [0.3, 0.4) is 0 Å². The summed E-state index contributed by atoms with van der Waals surface area (Å²) >= 11 is 0. The summed E-state index contributed by atoms with van der Waals surface area (Å²) < 4.78 is 0. The van der Waals surface area contributed by atoms with Crippen LogP contribution in [0.1, 0.15) is 27.7 Å². The molecule has 0 saturated carbocycles. The molecule has 0 rings (SSSR count). The van der Waals surface area contributed by atoms with Crippen LogP contribution in [0.5, 0.6) is 0 Å². The minimum atomic E-state index is 0. The van der Waals surface area contributed by atoms with E-state index in [1.807, 2.05) is 0 Å². The van der Waals surface area contributed by atoms with Crippen LogP contribution < -0.4 is 12.3 Å². The molecule has 6 nitrogen and oxygen atoms in total. The lowest BCUT2D eigenvalue weighted by Crippen LogP contribution is -1.10. The maximum absolute atomic E-state index is 7.32. The first-order chi connectivity index (χ1) is 5.66. The van der Waals surface area contributed by atoms with Gasteiger partial charge in [-0.1, -0.05) is 0 Å². The Labute approximate surface area is 86.2 Å². The van der Waals surface area contributed by atoms with E-state index in [2.05, 4.69) is 0 Å². The third-order valence-corrected chi connectivity index (χ3v) is 0. The van der Waals surface area contributed by atoms with Crippen LogP contribution in [-0.4, -0.2) is 0 Å². The van der Waals surface area contributed by atoms with Gasteiger partial charge in [-0.15, -0.1) is 0 Å². The monoisotopic (exact) mass is 198 g/mol. The molecule has 0 aliphatic carbocycles. The van der Waals surface area contributed by atoms with E-state index in [0.717, 1.165) is 0 Å². The SMILES string of the molecule is CC#N.CC#N.CC#N.CC#N.N.N. The van der Waals surface area contributed by atoms with E-state index in [9.17, 15) is 0 Å². The summed E-state index contributed by atoms with van der Waals surface area (Å²) in [5.41, 5.74) is 0. The first-order valence-electron chi connectivity index (χ1n) is 2.89. The Morgan fingerprint density at radius 1 is 0.500 bits per heavy atom. The zero-order chi connectivity index (χ0) is 10.8. The molecule has 0 atom stereocenters. The molecule has 0 aliphatic heterocycles. The number of hydrogen-bond donors (Lipinski definition) is 2. The highest BCUT2D eigenvalue weighted by atomic mass is 14.2. The molecule has 6 N–H and O–H groups in total. The van der Waals surface area contributed by atoms with Crippen LogP contribution in [0, 0.1) is 45.3 Å². The number of hydrogen-bond acceptors (Lipinski definition) is 6. The minimum Gasteiger partial charge on any atom is -0.344 e. The minimum absolute atomic E-state index is 0. The third-order valence-electron chi connectivity index (χ3n) is 0. The van der Waals surface area contributed by atoms with Gasteiger partial charge in [0.05, 0.1) is 24.3 Å². The second kappa shape index (κ2) is 300. The van der Waals surface area contributed by atoms with E-state index in [1.165, 1.54) is 27.7 Å². The van der Waals surface area contributed by atoms with Crippen molar-refractivity contribution in [3.8, 4) is 24.3 Å². The van der Waals surface area contributed by atoms with Crippen molar-refractivity contribution in [3.63, 3.8) is 0 Å². The summed E-state index contributed by atoms with van der Waals surface area (Å²) in [4.78, 5) is 0. The fourth-order valence-corrected chi connectivity index (χ4v) is 0. The summed E-state index contributed by atoms with van der Waals surface area (Å²) in [7, 11) is 0. The second-order valence-electron chi connectivity index (χ2n) is 0.894. The molecule has 0 amide bonds. The lowest BCUT2D eigenvalue weighted by Gasteiger charge is -1.15. The van der Waals surface area contributed by atoms with Crippen molar-refractivity contribution in [2.45, 2.75) is 27.7 Å². The van der Waals surface area contributed by atoms with Crippen LogP contribution in [0.4, 0.5) is 0 Å². The Kier molecular flexibility index (Phi) is 873. The molecule has 14 heavy (non-hydrogen) atoms. The van der Waals surface area contributed by atoms with Crippen LogP contribution in [0.2, 0.25) is 0 Å². The second-order valence-corrected chi connectivity index (χ2v) is 0.894. The number of rotatable bonds is 0. The summed E-state index contributed by atoms with van der Waals surface area (Å²) in [5, 5.41) is 29.3. The molecule has 0 aromatic rings. The molecule has 6 heteroatoms. The standard InChI is InChI=1S/4C2H3N.2H3N/c4*1-2-3;;/h4*1H3;2*1H3. The van der Waals surface area contributed by atoms with Gasteiger partial charge in [-0.3, -0.25) is 0 Å². The largest absolute Gasteiger partial charge is 0.344 e. The van der Waals surface area contributed by atoms with Gasteiger partial charge in [0.15, 0.2) is 0 Å². The average molecular weight is 198 g/mol. The van der Waals surface area contributed by atoms with Gasteiger partial charge < -0.3 is 12.3 Å². The molecule has 0 heterocycles. The molecular weight excluding hydrogens is 180 g/mol. The first kappa shape index (κ1) is 40.7. The van der Waals surface area contributed by atoms with Crippen LogP contribution in [0.25, 0.3) is 0 Å². The highest BCUT2D eigenvalue weighted by Gasteiger charge is 1.18. The van der Waals surface area contributed by atoms with Crippen molar-refractivity contribution in [2.24, 2.45) is 0 Å². The van der Waals surface area contributed by atoms with E-state index in [0.29, 0.717) is 0 Å². The lowest BCUT2D eigenvalue weighted by molar-refractivity contribution is 1.49. The van der Waals surface area contributed by atoms with E-state index < -0.39 is 0 Å². The summed E-state index contributed by atoms with van der Waals surface area (Å²) in [6.07, 6.45) is 0. The van der Waals surface area contributed by atoms with E-state index >= 15 is 0 Å². The maximum atomic E-state index is 7.32. The first-order valence-corrected chi connectivity index (χ1v) is 2.89. The summed E-state index contributed by atoms with van der Waals surface area (Å²) in [6.45, 7) is 5.72. The van der Waals surface area contributed by atoms with Gasteiger partial charge in [0, 0.05) is 27.7 Å². The molecule has 0 bridgehead atoms. The molecule has 0 fully saturated rings. The van der Waals surface area contributed by atoms with Gasteiger partial charge in [0.2, 0.25) is 0 Å². The molecule has 0 radical (unpaired) electrons. The third kappa shape index (κ3) is 173. The van der Waals surface area contributed by atoms with Gasteiger partial charge in [-0.2, -0.15) is 21.0 Å². The predicted molar refractivity (Wildman–Crippen MR) is 55.2 cm³/mol. The van der Waals surface area contributed by atoms with Crippen molar-refractivity contribution in [2.75, 3.05) is 0 Å². The zero-order valence-electron chi connectivity index (χ0n) is 9.20. The van der Waals surface area contributed by atoms with Gasteiger partial charge in [0.25, 0.3) is 0 Å². The highest BCUT2D eigenvalue weighted by molar-refractivity contribution is 4.51. The van der Waals surface area contributed by atoms with Crippen LogP contribution in [-0.2, 0) is 0 Å². The molecule has 0 spiro atoms. The van der Waals surface area contributed by atoms with Gasteiger partial charge in [0.1, 0.15) is 0 Å². The van der Waals surface area contributed by atoms with E-state index in [1.54, 1.807) is 24.3 Å². The van der Waals surface area contributed by atoms with Crippen molar-refractivity contribution in [3.05, 3.63) is 0 Å². The number of nitrogens with zero attached hydrogens (tertiary/aromatic N) is 4. The Morgan fingerprint density at radius 2 is 0.500 bits per heavy atom. The molecule has 0 aromatic carbocycles. The molecule has 0 aromatic heterocycles. The fraction of sp³-hybridized carbons (Fsp3) is 0.500. The van der Waals surface area contributed by atoms with Crippen molar-refractivity contribution in [1.82, 2.24) is 12.3 Å². The van der Waals surface area contributed by atoms with E-state index in [4.69, 9.17) is 21.0 Å². The smallest absolute Gasteiger partial charge is 0.0587 e. The number of nitriles is 4. The Bertz CT molecular complexity index is 148. The Morgan fingerprint density at radius 3 is 0.500 bits per heavy atom. The maximum Gasteiger partial charge on any atom is 0.0587 e. The molecule has 80 valence electrons. The van der Waals surface area contributed by atoms with E-state index in [-0.39, 0.29) is 12.3 Å². The topological polar surface area (TPSA) is 165 Å². The summed E-state index contributed by atoms with van der Waals surface area (Å²) in [6, 6.07) is 7.00. The lowest BCUT2D eigenvalue weighted by atomic mass is 11.0. The molecular formula is C8H18N6. The van der Waals surface area contributed by atoms with Crippen molar-refractivity contribution in [1.29, 1.82) is 21.0 Å². The van der Waals surface area contributed by atoms with Gasteiger partial charge in [-0.05, 0) is 0 Å². The molecule has 0 unspecified atom stereocenters. The molecule has 0 saturated heterocycles.